The molecule has 0 unspecified atom stereocenters. The Bertz CT molecular complexity index is 1390. The summed E-state index contributed by atoms with van der Waals surface area (Å²) < 4.78 is 73.0. The van der Waals surface area contributed by atoms with Crippen molar-refractivity contribution in [3.05, 3.63) is 0 Å². The van der Waals surface area contributed by atoms with E-state index in [4.69, 9.17) is 72.3 Å². The smallest absolute Gasteiger partial charge is 0.314 e. The lowest BCUT2D eigenvalue weighted by Crippen LogP contribution is -2.52. The molecule has 0 aromatic rings. The Morgan fingerprint density at radius 3 is 0.585 bits per heavy atom. The average Bonchev–Trinajstić information content (AvgIpc) is 3.24. The second-order valence-corrected chi connectivity index (χ2v) is 80.0. The van der Waals surface area contributed by atoms with E-state index in [9.17, 15) is 0 Å². The summed E-state index contributed by atoms with van der Waals surface area (Å²) in [5, 5.41) is 34.8. The van der Waals surface area contributed by atoms with Crippen LogP contribution in [0.1, 0.15) is 65.2 Å². The van der Waals surface area contributed by atoms with Crippen LogP contribution in [-0.2, 0) is 51.9 Å². The third kappa shape index (κ3) is 63.5. The highest BCUT2D eigenvalue weighted by Gasteiger charge is 2.43. The van der Waals surface area contributed by atoms with Gasteiger partial charge >= 0.3 is 34.2 Å². The average molecular weight is 1380 g/mol. The maximum absolute atomic E-state index is 8.70. The third-order valence-electron chi connectivity index (χ3n) is 11.4. The van der Waals surface area contributed by atoms with Crippen molar-refractivity contribution in [3.8, 4) is 0 Å². The quantitative estimate of drug-likeness (QED) is 0.0332. The van der Waals surface area contributed by atoms with Crippen molar-refractivity contribution in [2.24, 2.45) is 0 Å². The number of aliphatic hydroxyl groups excluding tert-OH is 4. The summed E-state index contributed by atoms with van der Waals surface area (Å²) in [6, 6.07) is 6.53. The molecule has 0 saturated heterocycles. The molecule has 0 spiro atoms. The van der Waals surface area contributed by atoms with Gasteiger partial charge in [0.2, 0.25) is 0 Å². The monoisotopic (exact) mass is 1380 g/mol. The number of hydrogen-bond acceptors (Lipinski definition) is 16. The molecule has 0 radical (unpaired) electrons. The number of aliphatic hydroxyl groups is 4. The summed E-state index contributed by atoms with van der Waals surface area (Å²) in [5.41, 5.74) is 0. The minimum absolute atomic E-state index is 0.0888. The lowest BCUT2D eigenvalue weighted by molar-refractivity contribution is 0.0919. The van der Waals surface area contributed by atoms with E-state index in [1.165, 1.54) is 37.8 Å². The van der Waals surface area contributed by atoms with Crippen LogP contribution in [0.5, 0.6) is 0 Å². The molecule has 0 heterocycles. The van der Waals surface area contributed by atoms with Crippen LogP contribution >= 0.6 is 0 Å². The SMILES string of the molecule is CCCC[Si](C)(C)O[Si](C)(C)O[Si](C)(C)CCCOCCO.CCCC[Si](C)(C)O[Si](C)(C)O[Si](C)(C)CCCOCCO.C[Si](C)(C)O[Si](C)(CCCOCCO)O[Si](C)(C)C.C[Si](C)(C)O[Si](C)(CCCOCCO)O[Si](C)(C)C. The van der Waals surface area contributed by atoms with Gasteiger partial charge < -0.3 is 72.3 Å². The summed E-state index contributed by atoms with van der Waals surface area (Å²) in [5.74, 6) is 0. The molecule has 0 aliphatic rings. The normalized spacial score (nSPS) is 13.8. The fourth-order valence-corrected chi connectivity index (χ4v) is 63.2. The van der Waals surface area contributed by atoms with Crippen LogP contribution in [0.4, 0.5) is 0 Å². The number of rotatable bonds is 46. The molecule has 4 N–H and O–H groups in total. The summed E-state index contributed by atoms with van der Waals surface area (Å²) in [7, 11) is -21.3. The fourth-order valence-electron chi connectivity index (χ4n) is 9.81. The van der Waals surface area contributed by atoms with Gasteiger partial charge in [-0.25, -0.2) is 0 Å². The Hall–Kier alpha value is 1.96. The van der Waals surface area contributed by atoms with E-state index in [0.29, 0.717) is 52.9 Å². The first-order valence-corrected chi connectivity index (χ1v) is 68.2. The molecular weight excluding hydrogens is 1240 g/mol. The zero-order chi connectivity index (χ0) is 64.9. The van der Waals surface area contributed by atoms with Crippen LogP contribution in [0.15, 0.2) is 0 Å². The molecule has 0 aliphatic carbocycles. The first-order valence-electron chi connectivity index (χ1n) is 31.4. The highest BCUT2D eigenvalue weighted by molar-refractivity contribution is 6.90. The van der Waals surface area contributed by atoms with Crippen molar-refractivity contribution < 1.29 is 72.3 Å². The van der Waals surface area contributed by atoms with Gasteiger partial charge in [0.05, 0.1) is 52.9 Å². The largest absolute Gasteiger partial charge is 0.437 e. The molecule has 0 atom stereocenters. The Morgan fingerprint density at radius 1 is 0.232 bits per heavy atom. The van der Waals surface area contributed by atoms with Gasteiger partial charge in [0, 0.05) is 26.4 Å². The number of hydrogen-bond donors (Lipinski definition) is 4. The summed E-state index contributed by atoms with van der Waals surface area (Å²) in [4.78, 5) is 0. The lowest BCUT2D eigenvalue weighted by Gasteiger charge is -2.39. The van der Waals surface area contributed by atoms with Crippen LogP contribution in [0.2, 0.25) is 206 Å². The van der Waals surface area contributed by atoms with Gasteiger partial charge in [-0.1, -0.05) is 39.5 Å². The predicted molar refractivity (Wildman–Crippen MR) is 379 cm³/mol. The highest BCUT2D eigenvalue weighted by Crippen LogP contribution is 2.30. The van der Waals surface area contributed by atoms with Gasteiger partial charge in [-0.3, -0.25) is 0 Å². The number of unbranched alkanes of at least 4 members (excludes halogenated alkanes) is 2. The third-order valence-corrected chi connectivity index (χ3v) is 53.5. The van der Waals surface area contributed by atoms with Crippen LogP contribution in [-0.4, -0.2) is 200 Å². The fraction of sp³-hybridized carbons (Fsp3) is 1.00. The minimum Gasteiger partial charge on any atom is -0.437 e. The molecule has 0 aromatic carbocycles. The molecule has 0 saturated carbocycles. The van der Waals surface area contributed by atoms with E-state index in [2.05, 4.69) is 184 Å². The van der Waals surface area contributed by atoms with Gasteiger partial charge in [0.1, 0.15) is 0 Å². The Labute approximate surface area is 520 Å². The maximum Gasteiger partial charge on any atom is 0.314 e. The summed E-state index contributed by atoms with van der Waals surface area (Å²) in [6.07, 6.45) is 8.86. The molecule has 16 nitrogen and oxygen atoms in total. The molecule has 500 valence electrons. The molecule has 0 aliphatic heterocycles. The van der Waals surface area contributed by atoms with E-state index in [1.807, 2.05) is 0 Å². The molecular formula is C54H140O16Si12. The van der Waals surface area contributed by atoms with E-state index < -0.39 is 101 Å². The van der Waals surface area contributed by atoms with Crippen molar-refractivity contribution in [1.29, 1.82) is 0 Å². The molecule has 0 bridgehead atoms. The van der Waals surface area contributed by atoms with Crippen molar-refractivity contribution >= 4 is 101 Å². The first kappa shape index (κ1) is 90.4. The van der Waals surface area contributed by atoms with E-state index in [0.717, 1.165) is 49.9 Å². The highest BCUT2D eigenvalue weighted by atomic mass is 28.5. The minimum atomic E-state index is -2.10. The summed E-state index contributed by atoms with van der Waals surface area (Å²) in [6.45, 7) is 67.5. The van der Waals surface area contributed by atoms with E-state index >= 15 is 0 Å². The molecule has 82 heavy (non-hydrogen) atoms. The second kappa shape index (κ2) is 44.5. The van der Waals surface area contributed by atoms with Crippen molar-refractivity contribution in [3.63, 3.8) is 0 Å². The molecule has 0 rings (SSSR count). The molecule has 0 fully saturated rings. The molecule has 0 amide bonds. The number of ether oxygens (including phenoxy) is 4. The van der Waals surface area contributed by atoms with E-state index in [1.54, 1.807) is 0 Å². The maximum atomic E-state index is 8.70. The first-order chi connectivity index (χ1) is 37.0. The Kier molecular flexibility index (Phi) is 49.0. The van der Waals surface area contributed by atoms with Crippen molar-refractivity contribution in [2.75, 3.05) is 79.3 Å². The second-order valence-electron chi connectivity index (χ2n) is 29.3. The standard InChI is InChI=1S/2C15H38O4Si3.2C12H32O4Si3/c2*1-8-9-14-20(2,3)18-22(6,7)19-21(4,5)15-10-12-17-13-11-16;2*1-17(2,3)15-19(7,16-18(4,5)6)12-8-10-14-11-9-13/h2*16H,8-15H2,1-7H3;2*13H,8-12H2,1-7H3. The van der Waals surface area contributed by atoms with Crippen LogP contribution in [0.3, 0.4) is 0 Å². The zero-order valence-electron chi connectivity index (χ0n) is 59.1. The molecule has 0 aromatic heterocycles. The van der Waals surface area contributed by atoms with Gasteiger partial charge in [-0.2, -0.15) is 0 Å². The van der Waals surface area contributed by atoms with E-state index in [-0.39, 0.29) is 26.4 Å². The van der Waals surface area contributed by atoms with Crippen LogP contribution in [0.25, 0.3) is 0 Å². The van der Waals surface area contributed by atoms with Crippen LogP contribution < -0.4 is 0 Å². The molecule has 28 heteroatoms. The summed E-state index contributed by atoms with van der Waals surface area (Å²) >= 11 is 0. The zero-order valence-corrected chi connectivity index (χ0v) is 71.1. The topological polar surface area (TPSA) is 192 Å². The van der Waals surface area contributed by atoms with Crippen LogP contribution in [0, 0.1) is 0 Å². The van der Waals surface area contributed by atoms with Gasteiger partial charge in [-0.15, -0.1) is 0 Å². The van der Waals surface area contributed by atoms with Crippen molar-refractivity contribution in [1.82, 2.24) is 0 Å². The van der Waals surface area contributed by atoms with Crippen molar-refractivity contribution in [2.45, 2.75) is 272 Å². The van der Waals surface area contributed by atoms with Gasteiger partial charge in [-0.05, 0) is 232 Å². The predicted octanol–water partition coefficient (Wildman–Crippen LogP) is 15.0. The Morgan fingerprint density at radius 2 is 0.415 bits per heavy atom. The van der Waals surface area contributed by atoms with Gasteiger partial charge in [0.25, 0.3) is 0 Å². The Balaban J connectivity index is -0.000000496. The lowest BCUT2D eigenvalue weighted by atomic mass is 10.4. The van der Waals surface area contributed by atoms with Gasteiger partial charge in [0.15, 0.2) is 66.5 Å².